The lowest BCUT2D eigenvalue weighted by Crippen LogP contribution is -2.03. The molecule has 0 rings (SSSR count). The van der Waals surface area contributed by atoms with Crippen LogP contribution in [0.4, 0.5) is 0 Å². The summed E-state index contributed by atoms with van der Waals surface area (Å²) in [5.41, 5.74) is 7.69. The SMILES string of the molecule is C=C(C)/C(=C\CC)CN. The molecular weight excluding hydrogens is 110 g/mol. The van der Waals surface area contributed by atoms with Crippen LogP contribution in [0.2, 0.25) is 0 Å². The normalized spacial score (nSPS) is 11.7. The summed E-state index contributed by atoms with van der Waals surface area (Å²) in [5.74, 6) is 0. The van der Waals surface area contributed by atoms with Crippen LogP contribution in [0.5, 0.6) is 0 Å². The van der Waals surface area contributed by atoms with E-state index in [1.807, 2.05) is 6.92 Å². The highest BCUT2D eigenvalue weighted by Gasteiger charge is 1.90. The highest BCUT2D eigenvalue weighted by molar-refractivity contribution is 5.26. The molecule has 0 aromatic rings. The summed E-state index contributed by atoms with van der Waals surface area (Å²) >= 11 is 0. The van der Waals surface area contributed by atoms with E-state index in [4.69, 9.17) is 5.73 Å². The molecule has 0 aliphatic heterocycles. The molecule has 0 fully saturated rings. The Morgan fingerprint density at radius 3 is 2.33 bits per heavy atom. The molecule has 0 aliphatic carbocycles. The summed E-state index contributed by atoms with van der Waals surface area (Å²) < 4.78 is 0. The zero-order valence-electron chi connectivity index (χ0n) is 6.28. The van der Waals surface area contributed by atoms with Gasteiger partial charge in [-0.05, 0) is 18.9 Å². The molecule has 0 aliphatic rings. The van der Waals surface area contributed by atoms with Gasteiger partial charge in [0.25, 0.3) is 0 Å². The van der Waals surface area contributed by atoms with Crippen molar-refractivity contribution < 1.29 is 0 Å². The van der Waals surface area contributed by atoms with E-state index in [1.165, 1.54) is 5.57 Å². The molecular formula is C8H15N. The molecule has 0 spiro atoms. The largest absolute Gasteiger partial charge is 0.326 e. The summed E-state index contributed by atoms with van der Waals surface area (Å²) in [5, 5.41) is 0. The second kappa shape index (κ2) is 4.33. The Kier molecular flexibility index (Phi) is 4.06. The summed E-state index contributed by atoms with van der Waals surface area (Å²) in [4.78, 5) is 0. The molecule has 0 aromatic heterocycles. The van der Waals surface area contributed by atoms with Crippen LogP contribution in [0.15, 0.2) is 23.8 Å². The minimum Gasteiger partial charge on any atom is -0.326 e. The number of allylic oxidation sites excluding steroid dienone is 1. The Labute approximate surface area is 57.3 Å². The van der Waals surface area contributed by atoms with Crippen molar-refractivity contribution in [2.24, 2.45) is 5.73 Å². The molecule has 0 aromatic carbocycles. The standard InChI is InChI=1S/C8H15N/c1-4-5-8(6-9)7(2)3/h5H,2,4,6,9H2,1,3H3/b8-5-. The number of hydrogen-bond acceptors (Lipinski definition) is 1. The Bertz CT molecular complexity index is 123. The Morgan fingerprint density at radius 2 is 2.22 bits per heavy atom. The third-order valence-corrected chi connectivity index (χ3v) is 1.22. The predicted molar refractivity (Wildman–Crippen MR) is 42.2 cm³/mol. The van der Waals surface area contributed by atoms with Crippen molar-refractivity contribution in [2.75, 3.05) is 6.54 Å². The fraction of sp³-hybridized carbons (Fsp3) is 0.500. The predicted octanol–water partition coefficient (Wildman–Crippen LogP) is 1.86. The van der Waals surface area contributed by atoms with E-state index in [9.17, 15) is 0 Å². The average Bonchev–Trinajstić information content (AvgIpc) is 1.82. The van der Waals surface area contributed by atoms with Gasteiger partial charge in [-0.15, -0.1) is 0 Å². The zero-order chi connectivity index (χ0) is 7.28. The first-order chi connectivity index (χ1) is 4.22. The first-order valence-electron chi connectivity index (χ1n) is 3.27. The average molecular weight is 125 g/mol. The first-order valence-corrected chi connectivity index (χ1v) is 3.27. The summed E-state index contributed by atoms with van der Waals surface area (Å²) in [7, 11) is 0. The molecule has 9 heavy (non-hydrogen) atoms. The molecule has 0 amide bonds. The number of rotatable bonds is 3. The van der Waals surface area contributed by atoms with Crippen molar-refractivity contribution in [3.8, 4) is 0 Å². The Hall–Kier alpha value is -0.560. The fourth-order valence-electron chi connectivity index (χ4n) is 0.678. The van der Waals surface area contributed by atoms with Crippen molar-refractivity contribution in [3.63, 3.8) is 0 Å². The molecule has 0 saturated carbocycles. The van der Waals surface area contributed by atoms with Crippen LogP contribution in [-0.4, -0.2) is 6.54 Å². The van der Waals surface area contributed by atoms with Crippen LogP contribution in [0, 0.1) is 0 Å². The van der Waals surface area contributed by atoms with Crippen molar-refractivity contribution >= 4 is 0 Å². The van der Waals surface area contributed by atoms with Crippen LogP contribution in [0.25, 0.3) is 0 Å². The van der Waals surface area contributed by atoms with Gasteiger partial charge in [0.2, 0.25) is 0 Å². The van der Waals surface area contributed by atoms with Crippen molar-refractivity contribution in [1.29, 1.82) is 0 Å². The molecule has 0 bridgehead atoms. The van der Waals surface area contributed by atoms with Crippen LogP contribution in [0.3, 0.4) is 0 Å². The van der Waals surface area contributed by atoms with E-state index in [0.29, 0.717) is 6.54 Å². The molecule has 0 atom stereocenters. The van der Waals surface area contributed by atoms with Crippen LogP contribution in [-0.2, 0) is 0 Å². The molecule has 0 unspecified atom stereocenters. The molecule has 2 N–H and O–H groups in total. The maximum atomic E-state index is 5.43. The minimum absolute atomic E-state index is 0.614. The molecule has 0 radical (unpaired) electrons. The minimum atomic E-state index is 0.614. The monoisotopic (exact) mass is 125 g/mol. The molecule has 1 heteroatoms. The molecule has 1 nitrogen and oxygen atoms in total. The molecule has 0 heterocycles. The van der Waals surface area contributed by atoms with E-state index in [0.717, 1.165) is 12.0 Å². The summed E-state index contributed by atoms with van der Waals surface area (Å²) in [6.07, 6.45) is 3.15. The van der Waals surface area contributed by atoms with Crippen LogP contribution >= 0.6 is 0 Å². The third-order valence-electron chi connectivity index (χ3n) is 1.22. The quantitative estimate of drug-likeness (QED) is 0.572. The fourth-order valence-corrected chi connectivity index (χ4v) is 0.678. The highest BCUT2D eigenvalue weighted by atomic mass is 14.5. The number of nitrogens with two attached hydrogens (primary N) is 1. The van der Waals surface area contributed by atoms with Crippen LogP contribution < -0.4 is 5.73 Å². The highest BCUT2D eigenvalue weighted by Crippen LogP contribution is 2.04. The van der Waals surface area contributed by atoms with Gasteiger partial charge in [-0.25, -0.2) is 0 Å². The van der Waals surface area contributed by atoms with Crippen molar-refractivity contribution in [2.45, 2.75) is 20.3 Å². The van der Waals surface area contributed by atoms with E-state index < -0.39 is 0 Å². The zero-order valence-corrected chi connectivity index (χ0v) is 6.28. The Balaban J connectivity index is 3.98. The van der Waals surface area contributed by atoms with Gasteiger partial charge >= 0.3 is 0 Å². The van der Waals surface area contributed by atoms with Gasteiger partial charge in [-0.3, -0.25) is 0 Å². The lowest BCUT2D eigenvalue weighted by molar-refractivity contribution is 1.10. The second-order valence-electron chi connectivity index (χ2n) is 2.12. The molecule has 0 saturated heterocycles. The lowest BCUT2D eigenvalue weighted by atomic mass is 10.1. The van der Waals surface area contributed by atoms with E-state index in [1.54, 1.807) is 0 Å². The summed E-state index contributed by atoms with van der Waals surface area (Å²) in [6, 6.07) is 0. The van der Waals surface area contributed by atoms with Gasteiger partial charge in [-0.1, -0.05) is 25.2 Å². The summed E-state index contributed by atoms with van der Waals surface area (Å²) in [6.45, 7) is 8.49. The van der Waals surface area contributed by atoms with Crippen molar-refractivity contribution in [3.05, 3.63) is 23.8 Å². The van der Waals surface area contributed by atoms with Gasteiger partial charge in [0, 0.05) is 6.54 Å². The van der Waals surface area contributed by atoms with Gasteiger partial charge < -0.3 is 5.73 Å². The van der Waals surface area contributed by atoms with E-state index >= 15 is 0 Å². The molecule has 52 valence electrons. The first kappa shape index (κ1) is 8.44. The van der Waals surface area contributed by atoms with Gasteiger partial charge in [-0.2, -0.15) is 0 Å². The van der Waals surface area contributed by atoms with E-state index in [2.05, 4.69) is 19.6 Å². The maximum absolute atomic E-state index is 5.43. The topological polar surface area (TPSA) is 26.0 Å². The maximum Gasteiger partial charge on any atom is 0.0177 e. The van der Waals surface area contributed by atoms with Gasteiger partial charge in [0.15, 0.2) is 0 Å². The van der Waals surface area contributed by atoms with Gasteiger partial charge in [0.1, 0.15) is 0 Å². The second-order valence-corrected chi connectivity index (χ2v) is 2.12. The van der Waals surface area contributed by atoms with E-state index in [-0.39, 0.29) is 0 Å². The number of hydrogen-bond donors (Lipinski definition) is 1. The Morgan fingerprint density at radius 1 is 1.67 bits per heavy atom. The van der Waals surface area contributed by atoms with Gasteiger partial charge in [0.05, 0.1) is 0 Å². The lowest BCUT2D eigenvalue weighted by Gasteiger charge is -2.00. The van der Waals surface area contributed by atoms with Crippen LogP contribution in [0.1, 0.15) is 20.3 Å². The van der Waals surface area contributed by atoms with Crippen molar-refractivity contribution in [1.82, 2.24) is 0 Å². The smallest absolute Gasteiger partial charge is 0.0177 e. The third kappa shape index (κ3) is 3.09.